The van der Waals surface area contributed by atoms with Gasteiger partial charge >= 0.3 is 0 Å². The Morgan fingerprint density at radius 3 is 3.00 bits per heavy atom. The Bertz CT molecular complexity index is 1220. The van der Waals surface area contributed by atoms with Crippen LogP contribution in [0.15, 0.2) is 24.5 Å². The maximum atomic E-state index is 12.6. The highest BCUT2D eigenvalue weighted by Crippen LogP contribution is 2.42. The van der Waals surface area contributed by atoms with Crippen molar-refractivity contribution in [3.63, 3.8) is 0 Å². The van der Waals surface area contributed by atoms with Gasteiger partial charge < -0.3 is 15.4 Å². The molecule has 0 saturated heterocycles. The average Bonchev–Trinajstić information content (AvgIpc) is 3.21. The summed E-state index contributed by atoms with van der Waals surface area (Å²) in [5, 5.41) is 9.20. The molecular weight excluding hydrogens is 426 g/mol. The minimum atomic E-state index is -0.0788. The molecule has 0 spiro atoms. The standard InChI is InChI=1S/C23H25N5O3S/c1-28(31-3)23(29)14-6-7-15-19(10-14)32-22-20(15)21(25-12-26-22)27-17-9-13-5-4-8-24-16(13)11-18(17)30-2/h4-5,9,11-12,14,24H,6-8,10H2,1-3H3,(H,25,26,27). The molecule has 2 N–H and O–H groups in total. The molecule has 0 radical (unpaired) electrons. The molecule has 8 nitrogen and oxygen atoms in total. The van der Waals surface area contributed by atoms with Gasteiger partial charge in [-0.25, -0.2) is 15.0 Å². The lowest BCUT2D eigenvalue weighted by Crippen LogP contribution is -2.34. The van der Waals surface area contributed by atoms with Gasteiger partial charge in [0.1, 0.15) is 22.7 Å². The molecule has 1 aliphatic heterocycles. The van der Waals surface area contributed by atoms with Crippen LogP contribution in [0.1, 0.15) is 22.4 Å². The second kappa shape index (κ2) is 8.40. The largest absolute Gasteiger partial charge is 0.494 e. The summed E-state index contributed by atoms with van der Waals surface area (Å²) in [6.45, 7) is 0.806. The predicted molar refractivity (Wildman–Crippen MR) is 127 cm³/mol. The van der Waals surface area contributed by atoms with Crippen molar-refractivity contribution in [1.82, 2.24) is 15.0 Å². The number of benzene rings is 1. The Balaban J connectivity index is 1.51. The monoisotopic (exact) mass is 451 g/mol. The van der Waals surface area contributed by atoms with E-state index < -0.39 is 0 Å². The fourth-order valence-electron chi connectivity index (χ4n) is 4.40. The minimum Gasteiger partial charge on any atom is -0.494 e. The van der Waals surface area contributed by atoms with Crippen LogP contribution in [-0.2, 0) is 22.5 Å². The van der Waals surface area contributed by atoms with Gasteiger partial charge in [-0.15, -0.1) is 11.3 Å². The number of amides is 1. The van der Waals surface area contributed by atoms with E-state index in [0.717, 1.165) is 58.1 Å². The lowest BCUT2D eigenvalue weighted by atomic mass is 9.87. The van der Waals surface area contributed by atoms with E-state index in [4.69, 9.17) is 9.57 Å². The highest BCUT2D eigenvalue weighted by molar-refractivity contribution is 7.19. The van der Waals surface area contributed by atoms with E-state index in [9.17, 15) is 4.79 Å². The smallest absolute Gasteiger partial charge is 0.249 e. The first kappa shape index (κ1) is 20.7. The number of hydrogen-bond acceptors (Lipinski definition) is 8. The molecule has 32 heavy (non-hydrogen) atoms. The van der Waals surface area contributed by atoms with Crippen LogP contribution in [0.2, 0.25) is 0 Å². The molecule has 1 aliphatic carbocycles. The molecule has 3 aromatic rings. The number of thiophene rings is 1. The topological polar surface area (TPSA) is 88.6 Å². The summed E-state index contributed by atoms with van der Waals surface area (Å²) in [5.74, 6) is 1.44. The zero-order valence-electron chi connectivity index (χ0n) is 18.3. The maximum Gasteiger partial charge on any atom is 0.249 e. The van der Waals surface area contributed by atoms with Gasteiger partial charge in [-0.1, -0.05) is 12.2 Å². The van der Waals surface area contributed by atoms with E-state index in [0.29, 0.717) is 6.42 Å². The summed E-state index contributed by atoms with van der Waals surface area (Å²) in [7, 11) is 4.84. The number of ether oxygens (including phenoxy) is 1. The number of aryl methyl sites for hydroxylation is 1. The highest BCUT2D eigenvalue weighted by atomic mass is 32.1. The summed E-state index contributed by atoms with van der Waals surface area (Å²) in [4.78, 5) is 28.9. The van der Waals surface area contributed by atoms with Crippen LogP contribution in [0, 0.1) is 5.92 Å². The number of hydroxylamine groups is 2. The van der Waals surface area contributed by atoms with Crippen molar-refractivity contribution in [2.24, 2.45) is 5.92 Å². The lowest BCUT2D eigenvalue weighted by Gasteiger charge is -2.25. The van der Waals surface area contributed by atoms with Crippen LogP contribution in [-0.4, -0.2) is 48.8 Å². The van der Waals surface area contributed by atoms with Gasteiger partial charge in [-0.2, -0.15) is 0 Å². The first-order valence-corrected chi connectivity index (χ1v) is 11.4. The van der Waals surface area contributed by atoms with Crippen molar-refractivity contribution in [2.75, 3.05) is 38.4 Å². The van der Waals surface area contributed by atoms with Gasteiger partial charge in [-0.3, -0.25) is 9.63 Å². The number of carbonyl (C=O) groups is 1. The van der Waals surface area contributed by atoms with Crippen molar-refractivity contribution in [3.8, 4) is 5.75 Å². The molecular formula is C23H25N5O3S. The third-order valence-corrected chi connectivity index (χ3v) is 7.27. The molecule has 3 heterocycles. The SMILES string of the molecule is COc1cc2c(cc1Nc1ncnc3sc4c(c13)CCC(C(=O)N(C)OC)C4)C=CCN2. The van der Waals surface area contributed by atoms with Crippen molar-refractivity contribution < 1.29 is 14.4 Å². The molecule has 0 fully saturated rings. The van der Waals surface area contributed by atoms with Gasteiger partial charge in [0.15, 0.2) is 0 Å². The molecule has 0 bridgehead atoms. The van der Waals surface area contributed by atoms with Gasteiger partial charge in [-0.05, 0) is 36.5 Å². The quantitative estimate of drug-likeness (QED) is 0.567. The van der Waals surface area contributed by atoms with Crippen molar-refractivity contribution in [1.29, 1.82) is 0 Å². The molecule has 1 aromatic carbocycles. The molecule has 0 saturated carbocycles. The van der Waals surface area contributed by atoms with E-state index in [2.05, 4.69) is 38.8 Å². The van der Waals surface area contributed by atoms with Crippen molar-refractivity contribution in [2.45, 2.75) is 19.3 Å². The summed E-state index contributed by atoms with van der Waals surface area (Å²) in [6.07, 6.45) is 8.06. The van der Waals surface area contributed by atoms with E-state index in [1.54, 1.807) is 31.8 Å². The van der Waals surface area contributed by atoms with Gasteiger partial charge in [0, 0.05) is 36.1 Å². The van der Waals surface area contributed by atoms with E-state index >= 15 is 0 Å². The number of anilines is 3. The molecule has 2 aliphatic rings. The van der Waals surface area contributed by atoms with Crippen LogP contribution < -0.4 is 15.4 Å². The third kappa shape index (κ3) is 3.57. The Morgan fingerprint density at radius 1 is 1.31 bits per heavy atom. The zero-order valence-corrected chi connectivity index (χ0v) is 19.1. The zero-order chi connectivity index (χ0) is 22.2. The summed E-state index contributed by atoms with van der Waals surface area (Å²) >= 11 is 1.64. The maximum absolute atomic E-state index is 12.6. The van der Waals surface area contributed by atoms with Gasteiger partial charge in [0.25, 0.3) is 0 Å². The number of carbonyl (C=O) groups excluding carboxylic acids is 1. The third-order valence-electron chi connectivity index (χ3n) is 6.11. The molecule has 1 atom stereocenters. The first-order valence-electron chi connectivity index (χ1n) is 10.6. The van der Waals surface area contributed by atoms with Gasteiger partial charge in [0.05, 0.1) is 25.3 Å². The summed E-state index contributed by atoms with van der Waals surface area (Å²) in [5.41, 5.74) is 4.23. The second-order valence-electron chi connectivity index (χ2n) is 7.91. The summed E-state index contributed by atoms with van der Waals surface area (Å²) in [6, 6.07) is 4.07. The second-order valence-corrected chi connectivity index (χ2v) is 9.00. The van der Waals surface area contributed by atoms with E-state index in [1.807, 2.05) is 6.07 Å². The Labute approximate surface area is 190 Å². The fourth-order valence-corrected chi connectivity index (χ4v) is 5.67. The van der Waals surface area contributed by atoms with Gasteiger partial charge in [0.2, 0.25) is 5.91 Å². The Hall–Kier alpha value is -3.17. The molecule has 9 heteroatoms. The van der Waals surface area contributed by atoms with Crippen molar-refractivity contribution >= 4 is 50.7 Å². The van der Waals surface area contributed by atoms with Crippen LogP contribution in [0.4, 0.5) is 17.2 Å². The van der Waals surface area contributed by atoms with Crippen LogP contribution >= 0.6 is 11.3 Å². The lowest BCUT2D eigenvalue weighted by molar-refractivity contribution is -0.173. The number of rotatable bonds is 5. The predicted octanol–water partition coefficient (Wildman–Crippen LogP) is 4.01. The fraction of sp³-hybridized carbons (Fsp3) is 0.348. The number of methoxy groups -OCH3 is 1. The number of hydrogen-bond donors (Lipinski definition) is 2. The number of nitrogens with one attached hydrogen (secondary N) is 2. The van der Waals surface area contributed by atoms with E-state index in [-0.39, 0.29) is 11.8 Å². The van der Waals surface area contributed by atoms with Crippen LogP contribution in [0.25, 0.3) is 16.3 Å². The van der Waals surface area contributed by atoms with E-state index in [1.165, 1.54) is 22.6 Å². The Morgan fingerprint density at radius 2 is 2.19 bits per heavy atom. The van der Waals surface area contributed by atoms with Crippen LogP contribution in [0.3, 0.4) is 0 Å². The summed E-state index contributed by atoms with van der Waals surface area (Å²) < 4.78 is 5.64. The number of aromatic nitrogens is 2. The van der Waals surface area contributed by atoms with Crippen molar-refractivity contribution in [3.05, 3.63) is 40.5 Å². The molecule has 1 unspecified atom stereocenters. The molecule has 1 amide bonds. The normalized spacial score (nSPS) is 16.8. The molecule has 5 rings (SSSR count). The molecule has 166 valence electrons. The highest BCUT2D eigenvalue weighted by Gasteiger charge is 2.31. The van der Waals surface area contributed by atoms with Crippen LogP contribution in [0.5, 0.6) is 5.75 Å². The minimum absolute atomic E-state index is 0.0144. The average molecular weight is 452 g/mol. The first-order chi connectivity index (χ1) is 15.6. The molecule has 2 aromatic heterocycles. The number of nitrogens with zero attached hydrogens (tertiary/aromatic N) is 3. The number of fused-ring (bicyclic) bond motifs is 4. The Kier molecular flexibility index (Phi) is 5.44.